The molecule has 0 saturated heterocycles. The van der Waals surface area contributed by atoms with Crippen molar-refractivity contribution >= 4 is 21.8 Å². The van der Waals surface area contributed by atoms with E-state index in [0.717, 1.165) is 6.54 Å². The monoisotopic (exact) mass is 313 g/mol. The van der Waals surface area contributed by atoms with Crippen molar-refractivity contribution in [3.05, 3.63) is 34.1 Å². The average Bonchev–Trinajstić information content (AvgIpc) is 3.08. The Bertz CT molecular complexity index is 457. The molecule has 0 aliphatic heterocycles. The van der Waals surface area contributed by atoms with Crippen LogP contribution in [0.3, 0.4) is 0 Å². The lowest BCUT2D eigenvalue weighted by Crippen LogP contribution is -2.38. The van der Waals surface area contributed by atoms with Crippen molar-refractivity contribution in [2.75, 3.05) is 6.54 Å². The van der Waals surface area contributed by atoms with Crippen LogP contribution in [0.5, 0.6) is 0 Å². The largest absolute Gasteiger partial charge is 0.336 e. The van der Waals surface area contributed by atoms with Gasteiger partial charge < -0.3 is 4.90 Å². The Morgan fingerprint density at radius 3 is 2.67 bits per heavy atom. The second-order valence-corrected chi connectivity index (χ2v) is 5.97. The van der Waals surface area contributed by atoms with Crippen LogP contribution < -0.4 is 0 Å². The van der Waals surface area contributed by atoms with Gasteiger partial charge in [-0.15, -0.1) is 0 Å². The number of benzene rings is 1. The molecule has 0 heterocycles. The predicted octanol–water partition coefficient (Wildman–Crippen LogP) is 3.85. The highest BCUT2D eigenvalue weighted by Gasteiger charge is 2.29. The van der Waals surface area contributed by atoms with Crippen LogP contribution in [0.1, 0.15) is 37.0 Å². The van der Waals surface area contributed by atoms with Gasteiger partial charge in [0.2, 0.25) is 0 Å². The van der Waals surface area contributed by atoms with E-state index >= 15 is 0 Å². The van der Waals surface area contributed by atoms with Gasteiger partial charge in [0.05, 0.1) is 5.56 Å². The van der Waals surface area contributed by atoms with E-state index in [1.807, 2.05) is 18.7 Å². The molecule has 0 unspecified atom stereocenters. The summed E-state index contributed by atoms with van der Waals surface area (Å²) in [5.41, 5.74) is 0.533. The maximum Gasteiger partial charge on any atom is 0.255 e. The van der Waals surface area contributed by atoms with Crippen molar-refractivity contribution in [2.24, 2.45) is 5.92 Å². The summed E-state index contributed by atoms with van der Waals surface area (Å²) in [7, 11) is 0. The van der Waals surface area contributed by atoms with Gasteiger partial charge in [-0.3, -0.25) is 4.79 Å². The number of rotatable bonds is 4. The van der Waals surface area contributed by atoms with E-state index in [1.54, 1.807) is 6.07 Å². The van der Waals surface area contributed by atoms with Crippen LogP contribution in [-0.4, -0.2) is 23.4 Å². The maximum absolute atomic E-state index is 13.0. The van der Waals surface area contributed by atoms with Gasteiger partial charge in [0.25, 0.3) is 5.91 Å². The number of nitrogens with zero attached hydrogens (tertiary/aromatic N) is 1. The zero-order chi connectivity index (χ0) is 13.3. The lowest BCUT2D eigenvalue weighted by molar-refractivity contribution is 0.0695. The van der Waals surface area contributed by atoms with E-state index in [0.29, 0.717) is 16.0 Å². The van der Waals surface area contributed by atoms with E-state index < -0.39 is 0 Å². The Balaban J connectivity index is 2.20. The number of hydrogen-bond donors (Lipinski definition) is 0. The molecule has 1 aromatic carbocycles. The Hall–Kier alpha value is -0.900. The fourth-order valence-corrected chi connectivity index (χ4v) is 2.44. The zero-order valence-corrected chi connectivity index (χ0v) is 12.2. The molecule has 1 aromatic rings. The number of hydrogen-bond acceptors (Lipinski definition) is 1. The summed E-state index contributed by atoms with van der Waals surface area (Å²) in [5, 5.41) is 0. The van der Waals surface area contributed by atoms with Crippen LogP contribution in [0.2, 0.25) is 0 Å². The maximum atomic E-state index is 13.0. The SMILES string of the molecule is CC(C)N(CC1CC1)C(=O)c1ccc(F)cc1Br. The van der Waals surface area contributed by atoms with Gasteiger partial charge in [0.1, 0.15) is 5.82 Å². The molecule has 2 rings (SSSR count). The van der Waals surface area contributed by atoms with Crippen molar-refractivity contribution in [3.63, 3.8) is 0 Å². The molecule has 0 spiro atoms. The van der Waals surface area contributed by atoms with E-state index in [4.69, 9.17) is 0 Å². The first-order valence-electron chi connectivity index (χ1n) is 6.25. The minimum Gasteiger partial charge on any atom is -0.336 e. The molecule has 1 aliphatic carbocycles. The van der Waals surface area contributed by atoms with E-state index in [9.17, 15) is 9.18 Å². The van der Waals surface area contributed by atoms with Crippen LogP contribution in [-0.2, 0) is 0 Å². The summed E-state index contributed by atoms with van der Waals surface area (Å²) in [4.78, 5) is 14.3. The first-order valence-corrected chi connectivity index (χ1v) is 7.04. The molecule has 1 amide bonds. The number of amides is 1. The number of carbonyl (C=O) groups excluding carboxylic acids is 1. The molecule has 0 atom stereocenters. The molecular formula is C14H17BrFNO. The number of halogens is 2. The highest BCUT2D eigenvalue weighted by atomic mass is 79.9. The van der Waals surface area contributed by atoms with Gasteiger partial charge in [0, 0.05) is 17.1 Å². The zero-order valence-electron chi connectivity index (χ0n) is 10.6. The highest BCUT2D eigenvalue weighted by Crippen LogP contribution is 2.31. The molecule has 2 nitrogen and oxygen atoms in total. The van der Waals surface area contributed by atoms with Gasteiger partial charge in [-0.1, -0.05) is 0 Å². The molecular weight excluding hydrogens is 297 g/mol. The summed E-state index contributed by atoms with van der Waals surface area (Å²) in [6, 6.07) is 4.37. The van der Waals surface area contributed by atoms with Gasteiger partial charge >= 0.3 is 0 Å². The molecule has 1 saturated carbocycles. The third-order valence-electron chi connectivity index (χ3n) is 3.20. The van der Waals surface area contributed by atoms with Crippen LogP contribution in [0.4, 0.5) is 4.39 Å². The fraction of sp³-hybridized carbons (Fsp3) is 0.500. The Morgan fingerprint density at radius 2 is 2.17 bits per heavy atom. The smallest absolute Gasteiger partial charge is 0.255 e. The van der Waals surface area contributed by atoms with E-state index in [1.165, 1.54) is 25.0 Å². The van der Waals surface area contributed by atoms with Crippen LogP contribution in [0.25, 0.3) is 0 Å². The number of carbonyl (C=O) groups is 1. The van der Waals surface area contributed by atoms with Crippen molar-refractivity contribution in [3.8, 4) is 0 Å². The Labute approximate surface area is 115 Å². The van der Waals surface area contributed by atoms with Gasteiger partial charge in [0.15, 0.2) is 0 Å². The third-order valence-corrected chi connectivity index (χ3v) is 3.85. The first kappa shape index (κ1) is 13.5. The first-order chi connectivity index (χ1) is 8.49. The second kappa shape index (κ2) is 5.39. The van der Waals surface area contributed by atoms with Crippen molar-refractivity contribution in [1.82, 2.24) is 4.90 Å². The standard InChI is InChI=1S/C14H17BrFNO/c1-9(2)17(8-10-3-4-10)14(18)12-6-5-11(16)7-13(12)15/h5-7,9-10H,3-4,8H2,1-2H3. The molecule has 4 heteroatoms. The molecule has 1 aliphatic rings. The summed E-state index contributed by atoms with van der Waals surface area (Å²) in [6.07, 6.45) is 2.42. The molecule has 0 radical (unpaired) electrons. The van der Waals surface area contributed by atoms with Gasteiger partial charge in [-0.25, -0.2) is 4.39 Å². The lowest BCUT2D eigenvalue weighted by Gasteiger charge is -2.27. The Morgan fingerprint density at radius 1 is 1.50 bits per heavy atom. The molecule has 18 heavy (non-hydrogen) atoms. The quantitative estimate of drug-likeness (QED) is 0.827. The lowest BCUT2D eigenvalue weighted by atomic mass is 10.1. The van der Waals surface area contributed by atoms with E-state index in [2.05, 4.69) is 15.9 Å². The minimum absolute atomic E-state index is 0.0243. The minimum atomic E-state index is -0.336. The summed E-state index contributed by atoms with van der Waals surface area (Å²) in [5.74, 6) is 0.288. The summed E-state index contributed by atoms with van der Waals surface area (Å²) < 4.78 is 13.6. The predicted molar refractivity (Wildman–Crippen MR) is 73.0 cm³/mol. The van der Waals surface area contributed by atoms with Crippen LogP contribution in [0.15, 0.2) is 22.7 Å². The molecule has 0 aromatic heterocycles. The highest BCUT2D eigenvalue weighted by molar-refractivity contribution is 9.10. The normalized spacial score (nSPS) is 14.9. The Kier molecular flexibility index (Phi) is 4.05. The van der Waals surface area contributed by atoms with Crippen LogP contribution in [0, 0.1) is 11.7 Å². The van der Waals surface area contributed by atoms with Crippen molar-refractivity contribution in [2.45, 2.75) is 32.7 Å². The summed E-state index contributed by atoms with van der Waals surface area (Å²) >= 11 is 3.26. The van der Waals surface area contributed by atoms with Crippen molar-refractivity contribution in [1.29, 1.82) is 0 Å². The molecule has 1 fully saturated rings. The molecule has 0 N–H and O–H groups in total. The van der Waals surface area contributed by atoms with Crippen LogP contribution >= 0.6 is 15.9 Å². The third kappa shape index (κ3) is 3.10. The topological polar surface area (TPSA) is 20.3 Å². The fourth-order valence-electron chi connectivity index (χ4n) is 1.92. The second-order valence-electron chi connectivity index (χ2n) is 5.12. The average molecular weight is 314 g/mol. The molecule has 98 valence electrons. The molecule has 0 bridgehead atoms. The van der Waals surface area contributed by atoms with Crippen molar-refractivity contribution < 1.29 is 9.18 Å². The summed E-state index contributed by atoms with van der Waals surface area (Å²) in [6.45, 7) is 4.83. The van der Waals surface area contributed by atoms with Gasteiger partial charge in [-0.2, -0.15) is 0 Å². The van der Waals surface area contributed by atoms with E-state index in [-0.39, 0.29) is 17.8 Å². The van der Waals surface area contributed by atoms with Gasteiger partial charge in [-0.05, 0) is 66.7 Å².